The first-order valence-electron chi connectivity index (χ1n) is 9.95. The van der Waals surface area contributed by atoms with Gasteiger partial charge in [-0.2, -0.15) is 0 Å². The fraction of sp³-hybridized carbons (Fsp3) is 0.217. The van der Waals surface area contributed by atoms with E-state index < -0.39 is 22.0 Å². The smallest absolute Gasteiger partial charge is 0.160 e. The molecule has 5 nitrogen and oxygen atoms in total. The molecule has 0 saturated carbocycles. The van der Waals surface area contributed by atoms with Crippen molar-refractivity contribution < 1.29 is 13.2 Å². The average Bonchev–Trinajstić information content (AvgIpc) is 3.17. The van der Waals surface area contributed by atoms with Gasteiger partial charge in [0.1, 0.15) is 14.9 Å². The molecule has 32 heavy (non-hydrogen) atoms. The third kappa shape index (κ3) is 6.78. The number of hydrogen-bond acceptors (Lipinski definition) is 4. The molecule has 0 bridgehead atoms. The van der Waals surface area contributed by atoms with Crippen molar-refractivity contribution in [1.82, 2.24) is 0 Å². The molecule has 9 heteroatoms. The number of rotatable bonds is 8. The van der Waals surface area contributed by atoms with Crippen LogP contribution in [0.1, 0.15) is 31.2 Å². The number of aryl methyl sites for hydroxylation is 1. The third-order valence-corrected chi connectivity index (χ3v) is 8.19. The van der Waals surface area contributed by atoms with E-state index >= 15 is 0 Å². The number of para-hydroxylation sites is 2. The molecule has 0 aliphatic rings. The summed E-state index contributed by atoms with van der Waals surface area (Å²) in [5, 5.41) is 0. The quantitative estimate of drug-likeness (QED) is 0.310. The fourth-order valence-corrected chi connectivity index (χ4v) is 6.48. The summed E-state index contributed by atoms with van der Waals surface area (Å²) >= 11 is 4.89. The number of nitrogens with one attached hydrogen (secondary N) is 2. The predicted molar refractivity (Wildman–Crippen MR) is 142 cm³/mol. The first-order chi connectivity index (χ1) is 15.4. The molecular weight excluding hydrogens is 528 g/mol. The lowest BCUT2D eigenvalue weighted by molar-refractivity contribution is 0.404. The maximum atomic E-state index is 13.0. The number of methoxy groups -OCH3 is 1. The van der Waals surface area contributed by atoms with E-state index in [0.717, 1.165) is 19.1 Å². The Labute approximate surface area is 207 Å². The minimum absolute atomic E-state index is 0.507. The van der Waals surface area contributed by atoms with Crippen molar-refractivity contribution in [3.05, 3.63) is 69.5 Å². The molecule has 0 aliphatic carbocycles. The van der Waals surface area contributed by atoms with Crippen LogP contribution in [0.4, 0.5) is 11.4 Å². The van der Waals surface area contributed by atoms with E-state index in [1.54, 1.807) is 24.3 Å². The van der Waals surface area contributed by atoms with Crippen LogP contribution in [0.15, 0.2) is 68.2 Å². The van der Waals surface area contributed by atoms with E-state index in [-0.39, 0.29) is 0 Å². The van der Waals surface area contributed by atoms with Crippen molar-refractivity contribution >= 4 is 66.7 Å². The second-order valence-electron chi connectivity index (χ2n) is 6.16. The molecule has 1 heterocycles. The zero-order valence-corrected chi connectivity index (χ0v) is 22.6. The summed E-state index contributed by atoms with van der Waals surface area (Å²) in [5.74, 6) is 0.517. The second-order valence-corrected chi connectivity index (χ2v) is 11.0. The summed E-state index contributed by atoms with van der Waals surface area (Å²) in [5.41, 5.74) is 2.23. The second kappa shape index (κ2) is 12.9. The largest absolute Gasteiger partial charge is 0.495 e. The van der Waals surface area contributed by atoms with Gasteiger partial charge in [0.05, 0.1) is 18.5 Å². The number of ether oxygens (including phenoxy) is 1. The Hall–Kier alpha value is -1.94. The fourth-order valence-electron chi connectivity index (χ4n) is 2.67. The van der Waals surface area contributed by atoms with E-state index in [1.165, 1.54) is 18.4 Å². The third-order valence-electron chi connectivity index (χ3n) is 4.12. The van der Waals surface area contributed by atoms with Gasteiger partial charge in [0.2, 0.25) is 0 Å². The Kier molecular flexibility index (Phi) is 10.6. The molecule has 0 spiro atoms. The van der Waals surface area contributed by atoms with Crippen LogP contribution < -0.4 is 14.2 Å². The van der Waals surface area contributed by atoms with Crippen LogP contribution in [0.25, 0.3) is 6.08 Å². The number of thiophene rings is 1. The van der Waals surface area contributed by atoms with E-state index in [4.69, 9.17) is 4.74 Å². The van der Waals surface area contributed by atoms with Crippen molar-refractivity contribution in [2.45, 2.75) is 36.8 Å². The molecular formula is C23H27BrN2O3S3. The molecule has 2 unspecified atom stereocenters. The number of benzene rings is 2. The lowest BCUT2D eigenvalue weighted by Gasteiger charge is -2.14. The number of halogens is 1. The first-order valence-corrected chi connectivity index (χ1v) is 13.9. The van der Waals surface area contributed by atoms with Gasteiger partial charge in [-0.1, -0.05) is 54.1 Å². The van der Waals surface area contributed by atoms with Crippen molar-refractivity contribution in [2.75, 3.05) is 16.6 Å². The maximum absolute atomic E-state index is 13.0. The number of hydrogen-bond donors (Lipinski definition) is 2. The van der Waals surface area contributed by atoms with E-state index in [1.807, 2.05) is 64.1 Å². The zero-order chi connectivity index (χ0) is 23.7. The molecule has 0 amide bonds. The Balaban J connectivity index is 0.00000176. The van der Waals surface area contributed by atoms with Gasteiger partial charge in [-0.15, -0.1) is 11.3 Å². The van der Waals surface area contributed by atoms with Crippen LogP contribution in [-0.2, 0) is 22.0 Å². The van der Waals surface area contributed by atoms with Gasteiger partial charge in [-0.05, 0) is 55.8 Å². The molecule has 0 radical (unpaired) electrons. The number of allylic oxidation sites excluding steroid dienone is 1. The minimum Gasteiger partial charge on any atom is -0.495 e. The Morgan fingerprint density at radius 2 is 1.62 bits per heavy atom. The van der Waals surface area contributed by atoms with Crippen molar-refractivity contribution in [2.24, 2.45) is 0 Å². The first kappa shape index (κ1) is 26.3. The van der Waals surface area contributed by atoms with Gasteiger partial charge < -0.3 is 4.74 Å². The van der Waals surface area contributed by atoms with E-state index in [2.05, 4.69) is 25.4 Å². The highest BCUT2D eigenvalue weighted by atomic mass is 79.9. The topological polar surface area (TPSA) is 67.4 Å². The van der Waals surface area contributed by atoms with Gasteiger partial charge >= 0.3 is 0 Å². The molecule has 0 aliphatic heterocycles. The van der Waals surface area contributed by atoms with Crippen LogP contribution in [0.5, 0.6) is 5.75 Å². The van der Waals surface area contributed by atoms with Gasteiger partial charge in [0.15, 0.2) is 22.0 Å². The summed E-state index contributed by atoms with van der Waals surface area (Å²) in [7, 11) is -1.49. The SMILES string of the molecule is C/C=C\c1cc(S(=O)Nc2ccccc2NS(=O)c2cc(Br)ccc2OC)sc1C.CC. The van der Waals surface area contributed by atoms with E-state index in [9.17, 15) is 8.42 Å². The van der Waals surface area contributed by atoms with Crippen LogP contribution in [0, 0.1) is 6.92 Å². The lowest BCUT2D eigenvalue weighted by atomic mass is 10.2. The van der Waals surface area contributed by atoms with Crippen LogP contribution in [0.3, 0.4) is 0 Å². The molecule has 2 N–H and O–H groups in total. The molecule has 1 aromatic heterocycles. The van der Waals surface area contributed by atoms with Crippen molar-refractivity contribution in [3.63, 3.8) is 0 Å². The molecule has 3 rings (SSSR count). The molecule has 2 aromatic carbocycles. The van der Waals surface area contributed by atoms with Crippen molar-refractivity contribution in [3.8, 4) is 5.75 Å². The average molecular weight is 556 g/mol. The Morgan fingerprint density at radius 3 is 2.22 bits per heavy atom. The van der Waals surface area contributed by atoms with Gasteiger partial charge in [-0.3, -0.25) is 9.44 Å². The van der Waals surface area contributed by atoms with Crippen LogP contribution in [-0.4, -0.2) is 15.5 Å². The highest BCUT2D eigenvalue weighted by Crippen LogP contribution is 2.31. The van der Waals surface area contributed by atoms with Gasteiger partial charge in [-0.25, -0.2) is 8.42 Å². The highest BCUT2D eigenvalue weighted by Gasteiger charge is 2.16. The number of anilines is 2. The van der Waals surface area contributed by atoms with Gasteiger partial charge in [0.25, 0.3) is 0 Å². The van der Waals surface area contributed by atoms with Crippen molar-refractivity contribution in [1.29, 1.82) is 0 Å². The van der Waals surface area contributed by atoms with Crippen LogP contribution >= 0.6 is 27.3 Å². The lowest BCUT2D eigenvalue weighted by Crippen LogP contribution is -2.10. The van der Waals surface area contributed by atoms with Crippen LogP contribution in [0.2, 0.25) is 0 Å². The summed E-state index contributed by atoms with van der Waals surface area (Å²) in [4.78, 5) is 1.61. The Bertz CT molecular complexity index is 1130. The molecule has 0 fully saturated rings. The molecule has 3 aromatic rings. The normalized spacial score (nSPS) is 12.6. The summed E-state index contributed by atoms with van der Waals surface area (Å²) in [6.07, 6.45) is 3.95. The standard InChI is InChI=1S/C21H21BrN2O3S3.C2H6/c1-4-7-15-12-21(28-14(15)2)30(26)24-18-9-6-5-8-17(18)23-29(25)20-13-16(22)10-11-19(20)27-3;1-2/h4-13,23-24H,1-3H3;1-2H3/b7-4-;. The Morgan fingerprint density at radius 1 is 1.00 bits per heavy atom. The maximum Gasteiger partial charge on any atom is 0.160 e. The highest BCUT2D eigenvalue weighted by molar-refractivity contribution is 9.10. The summed E-state index contributed by atoms with van der Waals surface area (Å²) in [6.45, 7) is 7.96. The molecule has 172 valence electrons. The summed E-state index contributed by atoms with van der Waals surface area (Å²) in [6, 6.07) is 14.5. The molecule has 2 atom stereocenters. The summed E-state index contributed by atoms with van der Waals surface area (Å²) < 4.78 is 38.7. The van der Waals surface area contributed by atoms with Gasteiger partial charge in [0, 0.05) is 9.35 Å². The molecule has 0 saturated heterocycles. The zero-order valence-electron chi connectivity index (χ0n) is 18.6. The monoisotopic (exact) mass is 554 g/mol. The van der Waals surface area contributed by atoms with E-state index in [0.29, 0.717) is 22.0 Å². The predicted octanol–water partition coefficient (Wildman–Crippen LogP) is 7.16. The minimum atomic E-state index is -1.58.